The molecule has 3 aromatic rings. The van der Waals surface area contributed by atoms with Crippen LogP contribution >= 0.6 is 11.3 Å². The first-order valence-electron chi connectivity index (χ1n) is 7.81. The fraction of sp³-hybridized carbons (Fsp3) is 0.0526. The van der Waals surface area contributed by atoms with Gasteiger partial charge in [0.2, 0.25) is 0 Å². The first-order valence-corrected chi connectivity index (χ1v) is 8.76. The summed E-state index contributed by atoms with van der Waals surface area (Å²) >= 11 is 1.50. The molecule has 1 amide bonds. The molecule has 3 N–H and O–H groups in total. The van der Waals surface area contributed by atoms with E-state index in [1.165, 1.54) is 11.3 Å². The van der Waals surface area contributed by atoms with Gasteiger partial charge in [0.1, 0.15) is 11.5 Å². The molecule has 0 bridgehead atoms. The molecule has 0 saturated heterocycles. The van der Waals surface area contributed by atoms with E-state index in [4.69, 9.17) is 15.3 Å². The van der Waals surface area contributed by atoms with Crippen LogP contribution in [0.15, 0.2) is 76.6 Å². The van der Waals surface area contributed by atoms with E-state index in [2.05, 4.69) is 10.5 Å². The van der Waals surface area contributed by atoms with Gasteiger partial charge in [-0.3, -0.25) is 4.79 Å². The summed E-state index contributed by atoms with van der Waals surface area (Å²) in [6, 6.07) is 18.3. The van der Waals surface area contributed by atoms with E-state index in [0.717, 1.165) is 11.3 Å². The summed E-state index contributed by atoms with van der Waals surface area (Å²) in [5.41, 5.74) is 7.12. The minimum absolute atomic E-state index is 0.234. The predicted molar refractivity (Wildman–Crippen MR) is 103 cm³/mol. The molecule has 0 spiro atoms. The largest absolute Gasteiger partial charge is 0.457 e. The van der Waals surface area contributed by atoms with Crippen LogP contribution in [0.25, 0.3) is 0 Å². The Morgan fingerprint density at radius 1 is 1.08 bits per heavy atom. The highest BCUT2D eigenvalue weighted by atomic mass is 32.1. The number of benzene rings is 2. The van der Waals surface area contributed by atoms with Gasteiger partial charge in [0.15, 0.2) is 12.4 Å². The Labute approximate surface area is 154 Å². The predicted octanol–water partition coefficient (Wildman–Crippen LogP) is 3.82. The molecule has 0 atom stereocenters. The van der Waals surface area contributed by atoms with Gasteiger partial charge in [-0.1, -0.05) is 29.4 Å². The molecule has 1 heterocycles. The van der Waals surface area contributed by atoms with Crippen molar-refractivity contribution in [2.24, 2.45) is 10.9 Å². The zero-order valence-corrected chi connectivity index (χ0v) is 14.6. The molecule has 2 aromatic carbocycles. The van der Waals surface area contributed by atoms with Crippen LogP contribution in [0.2, 0.25) is 0 Å². The summed E-state index contributed by atoms with van der Waals surface area (Å²) in [5.74, 6) is 1.23. The third-order valence-corrected chi connectivity index (χ3v) is 3.96. The Morgan fingerprint density at radius 2 is 1.88 bits per heavy atom. The van der Waals surface area contributed by atoms with Crippen LogP contribution in [0.3, 0.4) is 0 Å². The molecule has 0 radical (unpaired) electrons. The number of ether oxygens (including phenoxy) is 1. The maximum absolute atomic E-state index is 12.0. The number of carbonyl (C=O) groups is 1. The number of para-hydroxylation sites is 1. The second kappa shape index (κ2) is 8.68. The number of amides is 1. The summed E-state index contributed by atoms with van der Waals surface area (Å²) in [6.45, 7) is -0.241. The van der Waals surface area contributed by atoms with Crippen molar-refractivity contribution in [3.8, 4) is 11.5 Å². The van der Waals surface area contributed by atoms with E-state index in [-0.39, 0.29) is 18.3 Å². The monoisotopic (exact) mass is 367 g/mol. The fourth-order valence-electron chi connectivity index (χ4n) is 2.08. The minimum atomic E-state index is -0.344. The number of oxime groups is 1. The summed E-state index contributed by atoms with van der Waals surface area (Å²) in [5, 5.41) is 10.2. The van der Waals surface area contributed by atoms with Crippen LogP contribution < -0.4 is 15.8 Å². The van der Waals surface area contributed by atoms with Crippen molar-refractivity contribution in [1.29, 1.82) is 0 Å². The summed E-state index contributed by atoms with van der Waals surface area (Å²) < 4.78 is 5.73. The van der Waals surface area contributed by atoms with E-state index in [0.29, 0.717) is 11.4 Å². The van der Waals surface area contributed by atoms with Crippen molar-refractivity contribution >= 4 is 28.8 Å². The Balaban J connectivity index is 1.53. The van der Waals surface area contributed by atoms with Crippen molar-refractivity contribution in [2.75, 3.05) is 11.9 Å². The molecule has 1 aromatic heterocycles. The van der Waals surface area contributed by atoms with Crippen LogP contribution in [0, 0.1) is 0 Å². The lowest BCUT2D eigenvalue weighted by atomic mass is 10.3. The fourth-order valence-corrected chi connectivity index (χ4v) is 2.73. The van der Waals surface area contributed by atoms with Gasteiger partial charge in [-0.25, -0.2) is 0 Å². The highest BCUT2D eigenvalue weighted by Crippen LogP contribution is 2.23. The number of nitrogens with two attached hydrogens (primary N) is 1. The molecule has 0 saturated carbocycles. The number of hydrogen-bond acceptors (Lipinski definition) is 5. The zero-order chi connectivity index (χ0) is 18.2. The average Bonchev–Trinajstić information content (AvgIpc) is 3.17. The number of carbonyl (C=O) groups excluding carboxylic acids is 1. The minimum Gasteiger partial charge on any atom is -0.457 e. The van der Waals surface area contributed by atoms with Crippen molar-refractivity contribution in [3.63, 3.8) is 0 Å². The van der Waals surface area contributed by atoms with Crippen LogP contribution in [0.1, 0.15) is 5.56 Å². The van der Waals surface area contributed by atoms with Gasteiger partial charge in [0.05, 0.1) is 0 Å². The lowest BCUT2D eigenvalue weighted by Crippen LogP contribution is -2.19. The summed E-state index contributed by atoms with van der Waals surface area (Å²) in [6.07, 6.45) is 0. The standard InChI is InChI=1S/C19H17N3O3S/c20-19(14-9-10-26-13-14)22-24-12-18(23)21-15-5-4-8-17(11-15)25-16-6-2-1-3-7-16/h1-11,13H,12H2,(H2,20,22)(H,21,23). The van der Waals surface area contributed by atoms with Gasteiger partial charge in [0.25, 0.3) is 5.91 Å². The number of amidine groups is 1. The number of thiophene rings is 1. The molecule has 0 aliphatic rings. The Bertz CT molecular complexity index is 880. The lowest BCUT2D eigenvalue weighted by molar-refractivity contribution is -0.120. The molecular formula is C19H17N3O3S. The van der Waals surface area contributed by atoms with Crippen LogP contribution in [-0.4, -0.2) is 18.3 Å². The topological polar surface area (TPSA) is 85.9 Å². The number of anilines is 1. The second-order valence-electron chi connectivity index (χ2n) is 5.25. The lowest BCUT2D eigenvalue weighted by Gasteiger charge is -2.08. The molecule has 26 heavy (non-hydrogen) atoms. The normalized spacial score (nSPS) is 11.0. The van der Waals surface area contributed by atoms with Crippen molar-refractivity contribution < 1.29 is 14.4 Å². The highest BCUT2D eigenvalue weighted by Gasteiger charge is 2.05. The average molecular weight is 367 g/mol. The molecule has 0 unspecified atom stereocenters. The third kappa shape index (κ3) is 5.09. The van der Waals surface area contributed by atoms with E-state index >= 15 is 0 Å². The third-order valence-electron chi connectivity index (χ3n) is 3.27. The van der Waals surface area contributed by atoms with Gasteiger partial charge < -0.3 is 20.6 Å². The van der Waals surface area contributed by atoms with E-state index < -0.39 is 0 Å². The van der Waals surface area contributed by atoms with Crippen molar-refractivity contribution in [2.45, 2.75) is 0 Å². The van der Waals surface area contributed by atoms with Crippen LogP contribution in [0.4, 0.5) is 5.69 Å². The number of nitrogens with zero attached hydrogens (tertiary/aromatic N) is 1. The summed E-state index contributed by atoms with van der Waals surface area (Å²) in [7, 11) is 0. The number of rotatable bonds is 7. The smallest absolute Gasteiger partial charge is 0.265 e. The maximum atomic E-state index is 12.0. The Hall–Kier alpha value is -3.32. The Morgan fingerprint density at radius 3 is 2.65 bits per heavy atom. The summed E-state index contributed by atoms with van der Waals surface area (Å²) in [4.78, 5) is 17.0. The first kappa shape index (κ1) is 17.5. The molecule has 3 rings (SSSR count). The molecular weight excluding hydrogens is 350 g/mol. The first-order chi connectivity index (χ1) is 12.7. The molecule has 132 valence electrons. The second-order valence-corrected chi connectivity index (χ2v) is 6.03. The molecule has 0 aliphatic heterocycles. The van der Waals surface area contributed by atoms with Crippen LogP contribution in [-0.2, 0) is 9.63 Å². The molecule has 0 aliphatic carbocycles. The van der Waals surface area contributed by atoms with Gasteiger partial charge in [-0.2, -0.15) is 11.3 Å². The number of nitrogens with one attached hydrogen (secondary N) is 1. The quantitative estimate of drug-likeness (QED) is 0.378. The van der Waals surface area contributed by atoms with E-state index in [9.17, 15) is 4.79 Å². The molecule has 0 fully saturated rings. The Kier molecular flexibility index (Phi) is 5.84. The zero-order valence-electron chi connectivity index (χ0n) is 13.8. The van der Waals surface area contributed by atoms with E-state index in [1.807, 2.05) is 53.2 Å². The van der Waals surface area contributed by atoms with Crippen LogP contribution in [0.5, 0.6) is 11.5 Å². The van der Waals surface area contributed by atoms with Gasteiger partial charge in [0, 0.05) is 22.7 Å². The van der Waals surface area contributed by atoms with Gasteiger partial charge in [-0.05, 0) is 35.7 Å². The van der Waals surface area contributed by atoms with Crippen molar-refractivity contribution in [3.05, 3.63) is 77.0 Å². The maximum Gasteiger partial charge on any atom is 0.265 e. The van der Waals surface area contributed by atoms with E-state index in [1.54, 1.807) is 18.2 Å². The molecule has 7 heteroatoms. The van der Waals surface area contributed by atoms with Crippen molar-refractivity contribution in [1.82, 2.24) is 0 Å². The molecule has 6 nitrogen and oxygen atoms in total. The highest BCUT2D eigenvalue weighted by molar-refractivity contribution is 7.08. The number of hydrogen-bond donors (Lipinski definition) is 2. The van der Waals surface area contributed by atoms with Gasteiger partial charge >= 0.3 is 0 Å². The van der Waals surface area contributed by atoms with Gasteiger partial charge in [-0.15, -0.1) is 0 Å². The SMILES string of the molecule is NC(=NOCC(=O)Nc1cccc(Oc2ccccc2)c1)c1ccsc1.